The van der Waals surface area contributed by atoms with Gasteiger partial charge in [-0.2, -0.15) is 0 Å². The molecule has 119 heavy (non-hydrogen) atoms. The molecule has 0 unspecified atom stereocenters. The Kier molecular flexibility index (Phi) is 15.4. The average Bonchev–Trinajstić information content (AvgIpc) is 0.961. The summed E-state index contributed by atoms with van der Waals surface area (Å²) in [5, 5.41) is 7.40. The van der Waals surface area contributed by atoms with E-state index in [0.29, 0.717) is 0 Å². The van der Waals surface area contributed by atoms with Crippen LogP contribution in [0.15, 0.2) is 413 Å². The molecule has 0 bridgehead atoms. The van der Waals surface area contributed by atoms with Crippen molar-refractivity contribution in [3.8, 4) is 22.3 Å². The Labute approximate surface area is 701 Å². The zero-order valence-corrected chi connectivity index (χ0v) is 66.8. The molecule has 554 valence electrons. The molecule has 0 amide bonds. The summed E-state index contributed by atoms with van der Waals surface area (Å²) in [6.07, 6.45) is 0. The van der Waals surface area contributed by atoms with Crippen molar-refractivity contribution in [2.75, 3.05) is 29.4 Å². The first-order valence-corrected chi connectivity index (χ1v) is 43.2. The maximum absolute atomic E-state index is 2.72. The molecule has 4 aliphatic heterocycles. The Morgan fingerprint density at radius 2 is 0.546 bits per heavy atom. The summed E-state index contributed by atoms with van der Waals surface area (Å²) in [4.78, 5) is 15.7. The first-order valence-electron chi connectivity index (χ1n) is 40.8. The van der Waals surface area contributed by atoms with E-state index in [0.717, 1.165) is 125 Å². The van der Waals surface area contributed by atoms with Crippen molar-refractivity contribution in [1.82, 2.24) is 0 Å². The second-order valence-electron chi connectivity index (χ2n) is 31.3. The van der Waals surface area contributed by atoms with E-state index in [4.69, 9.17) is 0 Å². The molecule has 0 atom stereocenters. The molecular formula is C108H68B2N6S3. The van der Waals surface area contributed by atoms with Crippen molar-refractivity contribution in [2.45, 2.75) is 0 Å². The highest BCUT2D eigenvalue weighted by molar-refractivity contribution is 7.26. The molecule has 11 heteroatoms. The van der Waals surface area contributed by atoms with Gasteiger partial charge in [0.15, 0.2) is 0 Å². The van der Waals surface area contributed by atoms with Gasteiger partial charge in [-0.05, 0) is 189 Å². The molecule has 21 aromatic rings. The van der Waals surface area contributed by atoms with Gasteiger partial charge in [-0.3, -0.25) is 0 Å². The Bertz CT molecular complexity index is 7630. The maximum atomic E-state index is 2.72. The lowest BCUT2D eigenvalue weighted by molar-refractivity contribution is 1.22. The number of hydrogen-bond donors (Lipinski definition) is 0. The number of hydrogen-bond acceptors (Lipinski definition) is 9. The van der Waals surface area contributed by atoms with Crippen molar-refractivity contribution < 1.29 is 0 Å². The fourth-order valence-corrected chi connectivity index (χ4v) is 23.5. The summed E-state index contributed by atoms with van der Waals surface area (Å²) < 4.78 is 7.48. The summed E-state index contributed by atoms with van der Waals surface area (Å²) in [5.41, 5.74) is 31.6. The van der Waals surface area contributed by atoms with Crippen LogP contribution in [0.25, 0.3) is 82.8 Å². The monoisotopic (exact) mass is 1570 g/mol. The van der Waals surface area contributed by atoms with Gasteiger partial charge in [0.05, 0.1) is 34.1 Å². The second kappa shape index (κ2) is 27.1. The number of rotatable bonds is 12. The van der Waals surface area contributed by atoms with Crippen molar-refractivity contribution >= 4 is 243 Å². The van der Waals surface area contributed by atoms with Crippen molar-refractivity contribution in [3.05, 3.63) is 413 Å². The van der Waals surface area contributed by atoms with Crippen LogP contribution in [0.5, 0.6) is 0 Å². The summed E-state index contributed by atoms with van der Waals surface area (Å²) in [6, 6.07) is 156. The molecule has 0 saturated heterocycles. The lowest BCUT2D eigenvalue weighted by Gasteiger charge is -2.48. The van der Waals surface area contributed by atoms with E-state index < -0.39 is 0 Å². The fraction of sp³-hybridized carbons (Fsp3) is 0. The van der Waals surface area contributed by atoms with Gasteiger partial charge >= 0.3 is 0 Å². The van der Waals surface area contributed by atoms with Crippen LogP contribution in [0.1, 0.15) is 0 Å². The molecule has 0 spiro atoms. The van der Waals surface area contributed by atoms with Crippen LogP contribution in [0.2, 0.25) is 0 Å². The zero-order valence-electron chi connectivity index (χ0n) is 64.3. The van der Waals surface area contributed by atoms with E-state index in [1.165, 1.54) is 93.3 Å². The third-order valence-electron chi connectivity index (χ3n) is 24.9. The number of fused-ring (bicyclic) bond motifs is 17. The minimum atomic E-state index is -0.292. The number of para-hydroxylation sites is 7. The van der Waals surface area contributed by atoms with E-state index in [1.807, 2.05) is 34.0 Å². The van der Waals surface area contributed by atoms with E-state index in [1.54, 1.807) is 0 Å². The largest absolute Gasteiger partial charge is 0.311 e. The van der Waals surface area contributed by atoms with Gasteiger partial charge < -0.3 is 29.4 Å². The second-order valence-corrected chi connectivity index (χ2v) is 34.5. The minimum absolute atomic E-state index is 0.247. The lowest BCUT2D eigenvalue weighted by Crippen LogP contribution is -2.65. The van der Waals surface area contributed by atoms with Gasteiger partial charge in [0.2, 0.25) is 0 Å². The van der Waals surface area contributed by atoms with Crippen LogP contribution >= 0.6 is 34.0 Å². The highest BCUT2D eigenvalue weighted by Crippen LogP contribution is 2.58. The van der Waals surface area contributed by atoms with E-state index in [2.05, 4.69) is 442 Å². The van der Waals surface area contributed by atoms with Gasteiger partial charge in [-0.1, -0.05) is 267 Å². The number of thiophene rings is 3. The molecule has 0 saturated carbocycles. The standard InChI is InChI=1S/C108H68B2N6S3/c1-7-33-69(34-8-1)77-48-29-49-78(70-35-9-2-10-36-70)108(77)112(72-39-13-4-14-40-72)76-65-95-107-96(66-76)116(90-56-32-62-102-105(90)81-47-21-28-59-99(81)119-102)92-68-91-84(67-85(92)110(107)83-51-23-25-53-87(83)115(95)89-55-31-61-101-104(89)80-46-20-27-58-98(80)118-101)109-82-50-22-24-52-86(82)113(73-41-15-5-16-42-73)93-63-75(64-94(106(93)109)114(91)74-43-17-6-18-44-74)111(71-37-11-3-12-38-71)88-54-30-60-100-103(88)79-45-19-26-57-97(79)117-100/h1-68H. The predicted octanol–water partition coefficient (Wildman–Crippen LogP) is 27.2. The van der Waals surface area contributed by atoms with Gasteiger partial charge in [0.1, 0.15) is 0 Å². The van der Waals surface area contributed by atoms with Crippen LogP contribution in [-0.2, 0) is 0 Å². The SMILES string of the molecule is c1ccc(-c2cccc(-c3ccccc3)c2N(c2ccccc2)c2cc3c4c(c2)N(c2cccc5sc6ccccc6c25)c2cc5c(cc2B4c2ccccc2N3c2cccc3sc4ccccc4c23)B2c3ccccc3N(c3ccccc3)c3cc(N(c4ccccc4)c4cccc6sc7ccccc7c46)cc(c32)N5c2ccccc2)cc1. The minimum Gasteiger partial charge on any atom is -0.311 e. The summed E-state index contributed by atoms with van der Waals surface area (Å²) in [5.74, 6) is 0. The molecule has 0 radical (unpaired) electrons. The molecule has 6 nitrogen and oxygen atoms in total. The maximum Gasteiger partial charge on any atom is 0.252 e. The van der Waals surface area contributed by atoms with Crippen LogP contribution in [0.4, 0.5) is 102 Å². The van der Waals surface area contributed by atoms with Crippen molar-refractivity contribution in [2.24, 2.45) is 0 Å². The van der Waals surface area contributed by atoms with E-state index in [-0.39, 0.29) is 13.4 Å². The first kappa shape index (κ1) is 67.8. The van der Waals surface area contributed by atoms with Gasteiger partial charge in [-0.15, -0.1) is 34.0 Å². The Morgan fingerprint density at radius 1 is 0.210 bits per heavy atom. The van der Waals surface area contributed by atoms with Crippen LogP contribution in [0, 0.1) is 0 Å². The summed E-state index contributed by atoms with van der Waals surface area (Å²) in [6.45, 7) is -0.538. The first-order chi connectivity index (χ1) is 59.1. The third kappa shape index (κ3) is 10.4. The summed E-state index contributed by atoms with van der Waals surface area (Å²) in [7, 11) is 0. The lowest BCUT2D eigenvalue weighted by atomic mass is 9.30. The number of nitrogens with zero attached hydrogens (tertiary/aromatic N) is 6. The number of benzene rings is 18. The zero-order chi connectivity index (χ0) is 77.9. The molecule has 7 heterocycles. The smallest absolute Gasteiger partial charge is 0.252 e. The highest BCUT2D eigenvalue weighted by atomic mass is 32.1. The van der Waals surface area contributed by atoms with E-state index >= 15 is 0 Å². The van der Waals surface area contributed by atoms with Gasteiger partial charge in [0, 0.05) is 140 Å². The van der Waals surface area contributed by atoms with Crippen LogP contribution in [-0.4, -0.2) is 13.4 Å². The van der Waals surface area contributed by atoms with E-state index in [9.17, 15) is 0 Å². The van der Waals surface area contributed by atoms with Crippen molar-refractivity contribution in [3.63, 3.8) is 0 Å². The quantitative estimate of drug-likeness (QED) is 0.113. The summed E-state index contributed by atoms with van der Waals surface area (Å²) >= 11 is 5.61. The Balaban J connectivity index is 0.833. The normalized spacial score (nSPS) is 12.9. The molecule has 0 fully saturated rings. The highest BCUT2D eigenvalue weighted by Gasteiger charge is 2.50. The molecule has 3 aromatic heterocycles. The van der Waals surface area contributed by atoms with Crippen molar-refractivity contribution in [1.29, 1.82) is 0 Å². The van der Waals surface area contributed by atoms with Gasteiger partial charge in [-0.25, -0.2) is 0 Å². The number of anilines is 18. The Morgan fingerprint density at radius 3 is 1.04 bits per heavy atom. The third-order valence-corrected chi connectivity index (χ3v) is 28.3. The molecular weight excluding hydrogens is 1500 g/mol. The molecule has 0 aliphatic carbocycles. The topological polar surface area (TPSA) is 19.4 Å². The van der Waals surface area contributed by atoms with Gasteiger partial charge in [0.25, 0.3) is 13.4 Å². The fourth-order valence-electron chi connectivity index (χ4n) is 20.1. The van der Waals surface area contributed by atoms with Crippen LogP contribution < -0.4 is 62.2 Å². The Hall–Kier alpha value is -14.5. The molecule has 18 aromatic carbocycles. The molecule has 0 N–H and O–H groups in total. The molecule has 25 rings (SSSR count). The van der Waals surface area contributed by atoms with Crippen LogP contribution in [0.3, 0.4) is 0 Å². The predicted molar refractivity (Wildman–Crippen MR) is 513 cm³/mol. The average molecular weight is 1570 g/mol. The molecule has 4 aliphatic rings.